The highest BCUT2D eigenvalue weighted by Gasteiger charge is 2.31. The van der Waals surface area contributed by atoms with Gasteiger partial charge in [0.25, 0.3) is 0 Å². The largest absolute Gasteiger partial charge is 0.384 e. The second kappa shape index (κ2) is 5.90. The molecule has 0 bridgehead atoms. The van der Waals surface area contributed by atoms with Crippen molar-refractivity contribution in [3.8, 4) is 0 Å². The minimum Gasteiger partial charge on any atom is -0.384 e. The maximum Gasteiger partial charge on any atom is 0.143 e. The van der Waals surface area contributed by atoms with Crippen LogP contribution in [0.4, 0.5) is 5.82 Å². The van der Waals surface area contributed by atoms with E-state index in [4.69, 9.17) is 16.6 Å². The van der Waals surface area contributed by atoms with Crippen molar-refractivity contribution in [2.24, 2.45) is 0 Å². The third kappa shape index (κ3) is 2.43. The summed E-state index contributed by atoms with van der Waals surface area (Å²) in [6, 6.07) is 13.8. The topological polar surface area (TPSA) is 36.4 Å². The third-order valence-electron chi connectivity index (χ3n) is 5.03. The number of hydrogen-bond donors (Lipinski definition) is 1. The van der Waals surface area contributed by atoms with E-state index >= 15 is 0 Å². The Bertz CT molecular complexity index is 985. The molecule has 0 aliphatic carbocycles. The molecule has 1 aromatic heterocycles. The molecule has 5 rings (SSSR count). The van der Waals surface area contributed by atoms with Gasteiger partial charge in [0.15, 0.2) is 0 Å². The minimum atomic E-state index is -0.681. The number of nitrogens with zero attached hydrogens (tertiary/aromatic N) is 2. The van der Waals surface area contributed by atoms with Crippen LogP contribution in [0.2, 0.25) is 5.02 Å². The molecule has 126 valence electrons. The lowest BCUT2D eigenvalue weighted by molar-refractivity contribution is 0.214. The average Bonchev–Trinajstić information content (AvgIpc) is 3.16. The Kier molecular flexibility index (Phi) is 3.66. The number of rotatable bonds is 1. The van der Waals surface area contributed by atoms with Gasteiger partial charge in [-0.3, -0.25) is 0 Å². The van der Waals surface area contributed by atoms with E-state index in [-0.39, 0.29) is 0 Å². The monoisotopic (exact) mass is 368 g/mol. The van der Waals surface area contributed by atoms with Gasteiger partial charge >= 0.3 is 0 Å². The van der Waals surface area contributed by atoms with E-state index < -0.39 is 6.10 Å². The van der Waals surface area contributed by atoms with Crippen LogP contribution in [0.15, 0.2) is 52.3 Å². The van der Waals surface area contributed by atoms with Gasteiger partial charge in [-0.2, -0.15) is 0 Å². The predicted molar refractivity (Wildman–Crippen MR) is 103 cm³/mol. The van der Waals surface area contributed by atoms with Gasteiger partial charge in [0.05, 0.1) is 10.4 Å². The van der Waals surface area contributed by atoms with Crippen LogP contribution in [0.3, 0.4) is 0 Å². The first-order valence-corrected chi connectivity index (χ1v) is 9.75. The van der Waals surface area contributed by atoms with Crippen molar-refractivity contribution >= 4 is 40.1 Å². The summed E-state index contributed by atoms with van der Waals surface area (Å²) in [6.07, 6.45) is 1.71. The number of aliphatic hydroxyl groups excluding tert-OH is 1. The molecule has 3 heterocycles. The number of halogens is 1. The van der Waals surface area contributed by atoms with Crippen molar-refractivity contribution in [3.63, 3.8) is 0 Å². The summed E-state index contributed by atoms with van der Waals surface area (Å²) in [5.41, 5.74) is 2.79. The van der Waals surface area contributed by atoms with Gasteiger partial charge in [0.2, 0.25) is 0 Å². The maximum absolute atomic E-state index is 11.2. The molecule has 0 radical (unpaired) electrons. The number of pyridine rings is 1. The highest BCUT2D eigenvalue weighted by atomic mass is 35.5. The quantitative estimate of drug-likeness (QED) is 0.653. The number of hydrogen-bond acceptors (Lipinski definition) is 4. The lowest BCUT2D eigenvalue weighted by Crippen LogP contribution is -2.22. The van der Waals surface area contributed by atoms with Crippen LogP contribution >= 0.6 is 23.4 Å². The number of benzene rings is 2. The summed E-state index contributed by atoms with van der Waals surface area (Å²) in [4.78, 5) is 9.46. The standard InChI is InChI=1S/C20H17ClN2OS/c21-12-7-8-16-14(11-12)18(24)17-13-5-1-2-6-15(13)22-20(19(17)25-16)23-9-3-4-10-23/h1-2,5-8,11,18,24H,3-4,9-10H2. The number of aromatic nitrogens is 1. The van der Waals surface area contributed by atoms with E-state index in [1.165, 1.54) is 12.8 Å². The van der Waals surface area contributed by atoms with Gasteiger partial charge < -0.3 is 10.0 Å². The Labute approximate surface area is 155 Å². The van der Waals surface area contributed by atoms with Gasteiger partial charge in [-0.05, 0) is 37.1 Å². The Morgan fingerprint density at radius 1 is 1.12 bits per heavy atom. The molecule has 0 saturated carbocycles. The van der Waals surface area contributed by atoms with Crippen molar-refractivity contribution < 1.29 is 5.11 Å². The van der Waals surface area contributed by atoms with Gasteiger partial charge in [0, 0.05) is 39.5 Å². The normalized spacial score (nSPS) is 19.1. The molecule has 2 aliphatic heterocycles. The first-order valence-electron chi connectivity index (χ1n) is 8.55. The molecule has 0 amide bonds. The number of para-hydroxylation sites is 1. The van der Waals surface area contributed by atoms with Crippen LogP contribution < -0.4 is 4.90 Å². The van der Waals surface area contributed by atoms with Crippen molar-refractivity contribution in [1.82, 2.24) is 4.98 Å². The Morgan fingerprint density at radius 2 is 1.92 bits per heavy atom. The molecule has 1 atom stereocenters. The molecule has 5 heteroatoms. The minimum absolute atomic E-state index is 0.653. The summed E-state index contributed by atoms with van der Waals surface area (Å²) >= 11 is 7.88. The Hall–Kier alpha value is -1.75. The zero-order valence-corrected chi connectivity index (χ0v) is 15.1. The molecular formula is C20H17ClN2OS. The molecule has 1 unspecified atom stereocenters. The molecular weight excluding hydrogens is 352 g/mol. The second-order valence-corrected chi connectivity index (χ2v) is 8.06. The van der Waals surface area contributed by atoms with Crippen molar-refractivity contribution in [2.45, 2.75) is 28.7 Å². The number of anilines is 1. The summed E-state index contributed by atoms with van der Waals surface area (Å²) in [7, 11) is 0. The van der Waals surface area contributed by atoms with Crippen LogP contribution in [0.1, 0.15) is 30.1 Å². The van der Waals surface area contributed by atoms with E-state index in [0.717, 1.165) is 50.7 Å². The molecule has 2 aromatic carbocycles. The van der Waals surface area contributed by atoms with Gasteiger partial charge in [-0.15, -0.1) is 0 Å². The molecule has 1 saturated heterocycles. The van der Waals surface area contributed by atoms with Gasteiger partial charge in [-0.1, -0.05) is 41.6 Å². The second-order valence-electron chi connectivity index (χ2n) is 6.58. The van der Waals surface area contributed by atoms with Crippen LogP contribution in [0.25, 0.3) is 10.9 Å². The van der Waals surface area contributed by atoms with E-state index in [1.807, 2.05) is 42.5 Å². The molecule has 1 N–H and O–H groups in total. The Balaban J connectivity index is 1.80. The highest BCUT2D eigenvalue weighted by Crippen LogP contribution is 2.51. The van der Waals surface area contributed by atoms with E-state index in [0.29, 0.717) is 5.02 Å². The van der Waals surface area contributed by atoms with Gasteiger partial charge in [-0.25, -0.2) is 4.98 Å². The maximum atomic E-state index is 11.2. The van der Waals surface area contributed by atoms with Crippen molar-refractivity contribution in [3.05, 3.63) is 58.6 Å². The third-order valence-corrected chi connectivity index (χ3v) is 6.46. The van der Waals surface area contributed by atoms with Crippen molar-refractivity contribution in [2.75, 3.05) is 18.0 Å². The molecule has 2 aliphatic rings. The number of fused-ring (bicyclic) bond motifs is 4. The van der Waals surface area contributed by atoms with Crippen LogP contribution in [-0.2, 0) is 0 Å². The molecule has 1 fully saturated rings. The molecule has 3 nitrogen and oxygen atoms in total. The Morgan fingerprint density at radius 3 is 2.76 bits per heavy atom. The molecule has 0 spiro atoms. The van der Waals surface area contributed by atoms with E-state index in [9.17, 15) is 5.11 Å². The first kappa shape index (κ1) is 15.5. The smallest absolute Gasteiger partial charge is 0.143 e. The fourth-order valence-corrected chi connectivity index (χ4v) is 5.24. The van der Waals surface area contributed by atoms with E-state index in [2.05, 4.69) is 4.90 Å². The fraction of sp³-hybridized carbons (Fsp3) is 0.250. The van der Waals surface area contributed by atoms with E-state index in [1.54, 1.807) is 11.8 Å². The predicted octanol–water partition coefficient (Wildman–Crippen LogP) is 5.03. The molecule has 3 aromatic rings. The lowest BCUT2D eigenvalue weighted by atomic mass is 9.97. The summed E-state index contributed by atoms with van der Waals surface area (Å²) in [5.74, 6) is 1.01. The van der Waals surface area contributed by atoms with Crippen LogP contribution in [0, 0.1) is 0 Å². The lowest BCUT2D eigenvalue weighted by Gasteiger charge is -2.30. The van der Waals surface area contributed by atoms with Crippen LogP contribution in [0.5, 0.6) is 0 Å². The SMILES string of the molecule is OC1c2cc(Cl)ccc2Sc2c(N3CCCC3)nc3ccccc3c21. The first-order chi connectivity index (χ1) is 12.2. The fourth-order valence-electron chi connectivity index (χ4n) is 3.81. The van der Waals surface area contributed by atoms with Crippen molar-refractivity contribution in [1.29, 1.82) is 0 Å². The van der Waals surface area contributed by atoms with Crippen LogP contribution in [-0.4, -0.2) is 23.2 Å². The highest BCUT2D eigenvalue weighted by molar-refractivity contribution is 7.99. The summed E-state index contributed by atoms with van der Waals surface area (Å²) in [5, 5.41) is 12.9. The zero-order valence-electron chi connectivity index (χ0n) is 13.6. The van der Waals surface area contributed by atoms with Gasteiger partial charge in [0.1, 0.15) is 11.9 Å². The summed E-state index contributed by atoms with van der Waals surface area (Å²) < 4.78 is 0. The average molecular weight is 369 g/mol. The summed E-state index contributed by atoms with van der Waals surface area (Å²) in [6.45, 7) is 2.06. The molecule has 25 heavy (non-hydrogen) atoms. The zero-order chi connectivity index (χ0) is 17.0. The number of aliphatic hydroxyl groups is 1.